The second-order valence-electron chi connectivity index (χ2n) is 1.85. The van der Waals surface area contributed by atoms with Crippen LogP contribution in [0.3, 0.4) is 0 Å². The molecular weight excluding hydrogens is 135 g/mol. The second kappa shape index (κ2) is 2.72. The summed E-state index contributed by atoms with van der Waals surface area (Å²) in [6.07, 6.45) is 3.07. The van der Waals surface area contributed by atoms with Gasteiger partial charge in [0.2, 0.25) is 0 Å². The van der Waals surface area contributed by atoms with Crippen molar-refractivity contribution in [3.05, 3.63) is 18.0 Å². The largest absolute Gasteiger partial charge is 0.729 e. The predicted molar refractivity (Wildman–Crippen MR) is 33.7 cm³/mol. The van der Waals surface area contributed by atoms with E-state index in [-0.39, 0.29) is 0 Å². The van der Waals surface area contributed by atoms with Gasteiger partial charge in [-0.05, 0) is 12.5 Å². The summed E-state index contributed by atoms with van der Waals surface area (Å²) in [5.74, 6) is 0. The Morgan fingerprint density at radius 3 is 2.80 bits per heavy atom. The highest BCUT2D eigenvalue weighted by Crippen LogP contribution is 1.90. The quantitative estimate of drug-likeness (QED) is 0.497. The number of aryl methyl sites for hydroxylation is 1. The van der Waals surface area contributed by atoms with Gasteiger partial charge in [0.15, 0.2) is 0 Å². The number of nitrogens with zero attached hydrogens (tertiary/aromatic N) is 2. The third-order valence-electron chi connectivity index (χ3n) is 0.892. The molecule has 0 fully saturated rings. The molecule has 1 aromatic heterocycles. The molecule has 0 aromatic carbocycles. The minimum Gasteiger partial charge on any atom is -0.405 e. The van der Waals surface area contributed by atoms with E-state index >= 15 is 0 Å². The topological polar surface area (TPSA) is 67.5 Å². The highest BCUT2D eigenvalue weighted by molar-refractivity contribution is 6.32. The molecule has 2 N–H and O–H groups in total. The first kappa shape index (κ1) is 7.11. The standard InChI is InChI=1S/C4H7BN2O3/c1-4-2-6-7(3-4)10-5(8)9/h2-3,8-9H,1H3. The zero-order valence-corrected chi connectivity index (χ0v) is 5.43. The fourth-order valence-electron chi connectivity index (χ4n) is 0.543. The van der Waals surface area contributed by atoms with Crippen LogP contribution in [0.2, 0.25) is 0 Å². The van der Waals surface area contributed by atoms with Gasteiger partial charge >= 0.3 is 7.32 Å². The lowest BCUT2D eigenvalue weighted by atomic mass is 10.3. The fourth-order valence-corrected chi connectivity index (χ4v) is 0.543. The van der Waals surface area contributed by atoms with E-state index in [0.29, 0.717) is 0 Å². The molecule has 0 amide bonds. The summed E-state index contributed by atoms with van der Waals surface area (Å²) in [6, 6.07) is 0. The molecule has 0 spiro atoms. The zero-order valence-electron chi connectivity index (χ0n) is 5.43. The maximum absolute atomic E-state index is 8.29. The van der Waals surface area contributed by atoms with Crippen molar-refractivity contribution in [1.29, 1.82) is 0 Å². The lowest BCUT2D eigenvalue weighted by Crippen LogP contribution is -2.29. The average molecular weight is 142 g/mol. The molecule has 1 rings (SSSR count). The third kappa shape index (κ3) is 1.75. The van der Waals surface area contributed by atoms with Gasteiger partial charge in [0, 0.05) is 0 Å². The van der Waals surface area contributed by atoms with Gasteiger partial charge < -0.3 is 14.8 Å². The Hall–Kier alpha value is -1.01. The van der Waals surface area contributed by atoms with Crippen molar-refractivity contribution in [2.24, 2.45) is 0 Å². The van der Waals surface area contributed by atoms with E-state index in [4.69, 9.17) is 10.0 Å². The fraction of sp³-hybridized carbons (Fsp3) is 0.250. The van der Waals surface area contributed by atoms with Crippen LogP contribution in [0.5, 0.6) is 0 Å². The van der Waals surface area contributed by atoms with Crippen molar-refractivity contribution in [2.45, 2.75) is 6.92 Å². The molecule has 0 aliphatic rings. The number of hydrogen-bond acceptors (Lipinski definition) is 4. The first-order chi connectivity index (χ1) is 4.68. The minimum absolute atomic E-state index is 0.889. The van der Waals surface area contributed by atoms with Crippen molar-refractivity contribution in [1.82, 2.24) is 9.94 Å². The summed E-state index contributed by atoms with van der Waals surface area (Å²) in [6.45, 7) is 1.82. The SMILES string of the molecule is Cc1cnn(OB(O)O)c1. The second-order valence-corrected chi connectivity index (χ2v) is 1.85. The van der Waals surface area contributed by atoms with Gasteiger partial charge in [0.1, 0.15) is 0 Å². The summed E-state index contributed by atoms with van der Waals surface area (Å²) in [4.78, 5) is 0.986. The van der Waals surface area contributed by atoms with E-state index in [2.05, 4.69) is 9.85 Å². The van der Waals surface area contributed by atoms with Crippen molar-refractivity contribution in [2.75, 3.05) is 0 Å². The van der Waals surface area contributed by atoms with Gasteiger partial charge in [0.05, 0.1) is 12.4 Å². The Kier molecular flexibility index (Phi) is 1.93. The van der Waals surface area contributed by atoms with E-state index in [0.717, 1.165) is 10.4 Å². The van der Waals surface area contributed by atoms with Crippen molar-refractivity contribution < 1.29 is 14.8 Å². The molecule has 54 valence electrons. The highest BCUT2D eigenvalue weighted by atomic mass is 16.7. The highest BCUT2D eigenvalue weighted by Gasteiger charge is 2.11. The molecule has 0 bridgehead atoms. The molecule has 0 saturated carbocycles. The van der Waals surface area contributed by atoms with Crippen LogP contribution in [0.4, 0.5) is 0 Å². The summed E-state index contributed by atoms with van der Waals surface area (Å²) in [5.41, 5.74) is 0.889. The van der Waals surface area contributed by atoms with Crippen LogP contribution in [0, 0.1) is 6.92 Å². The number of rotatable bonds is 2. The average Bonchev–Trinajstić information content (AvgIpc) is 2.13. The predicted octanol–water partition coefficient (Wildman–Crippen LogP) is -1.41. The summed E-state index contributed by atoms with van der Waals surface area (Å²) >= 11 is 0. The summed E-state index contributed by atoms with van der Waals surface area (Å²) in [7, 11) is -1.82. The molecular formula is C4H7BN2O3. The number of aromatic nitrogens is 2. The van der Waals surface area contributed by atoms with E-state index in [9.17, 15) is 0 Å². The Bertz CT molecular complexity index is 212. The first-order valence-electron chi connectivity index (χ1n) is 2.73. The van der Waals surface area contributed by atoms with Crippen LogP contribution in [0.15, 0.2) is 12.4 Å². The van der Waals surface area contributed by atoms with E-state index in [1.807, 2.05) is 6.92 Å². The first-order valence-corrected chi connectivity index (χ1v) is 2.73. The maximum atomic E-state index is 8.29. The minimum atomic E-state index is -1.82. The van der Waals surface area contributed by atoms with Gasteiger partial charge in [-0.15, -0.1) is 9.94 Å². The van der Waals surface area contributed by atoms with Crippen LogP contribution in [0.25, 0.3) is 0 Å². The van der Waals surface area contributed by atoms with E-state index in [1.165, 1.54) is 6.20 Å². The monoisotopic (exact) mass is 142 g/mol. The van der Waals surface area contributed by atoms with Gasteiger partial charge in [-0.25, -0.2) is 0 Å². The zero-order chi connectivity index (χ0) is 7.56. The molecule has 1 heterocycles. The van der Waals surface area contributed by atoms with Crippen molar-refractivity contribution in [3.8, 4) is 0 Å². The lowest BCUT2D eigenvalue weighted by molar-refractivity contribution is 0.141. The van der Waals surface area contributed by atoms with E-state index in [1.54, 1.807) is 6.20 Å². The molecule has 0 aliphatic heterocycles. The van der Waals surface area contributed by atoms with Gasteiger partial charge in [0.25, 0.3) is 0 Å². The molecule has 10 heavy (non-hydrogen) atoms. The van der Waals surface area contributed by atoms with Gasteiger partial charge in [-0.1, -0.05) is 0 Å². The normalized spacial score (nSPS) is 9.50. The lowest BCUT2D eigenvalue weighted by Gasteiger charge is -2.00. The molecule has 0 unspecified atom stereocenters. The third-order valence-corrected chi connectivity index (χ3v) is 0.892. The maximum Gasteiger partial charge on any atom is 0.729 e. The van der Waals surface area contributed by atoms with Gasteiger partial charge in [-0.3, -0.25) is 0 Å². The molecule has 0 aliphatic carbocycles. The van der Waals surface area contributed by atoms with Crippen molar-refractivity contribution >= 4 is 7.32 Å². The number of hydrogen-bond donors (Lipinski definition) is 2. The Morgan fingerprint density at radius 2 is 2.40 bits per heavy atom. The Morgan fingerprint density at radius 1 is 1.70 bits per heavy atom. The molecule has 5 nitrogen and oxygen atoms in total. The molecule has 0 saturated heterocycles. The summed E-state index contributed by atoms with van der Waals surface area (Å²) < 4.78 is 4.35. The molecule has 1 aromatic rings. The van der Waals surface area contributed by atoms with Crippen LogP contribution >= 0.6 is 0 Å². The smallest absolute Gasteiger partial charge is 0.405 e. The van der Waals surface area contributed by atoms with Crippen molar-refractivity contribution in [3.63, 3.8) is 0 Å². The van der Waals surface area contributed by atoms with E-state index < -0.39 is 7.32 Å². The van der Waals surface area contributed by atoms with Crippen LogP contribution in [-0.4, -0.2) is 27.3 Å². The molecule has 6 heteroatoms. The molecule has 0 atom stereocenters. The van der Waals surface area contributed by atoms with Crippen LogP contribution < -0.4 is 4.76 Å². The molecule has 0 radical (unpaired) electrons. The Labute approximate surface area is 58.0 Å². The Balaban J connectivity index is 2.58. The summed E-state index contributed by atoms with van der Waals surface area (Å²) in [5, 5.41) is 20.2. The van der Waals surface area contributed by atoms with Crippen LogP contribution in [-0.2, 0) is 0 Å². The van der Waals surface area contributed by atoms with Gasteiger partial charge in [-0.2, -0.15) is 0 Å². The van der Waals surface area contributed by atoms with Crippen LogP contribution in [0.1, 0.15) is 5.56 Å².